The predicted molar refractivity (Wildman–Crippen MR) is 121 cm³/mol. The van der Waals surface area contributed by atoms with Gasteiger partial charge in [-0.25, -0.2) is 0 Å². The van der Waals surface area contributed by atoms with Crippen molar-refractivity contribution in [2.45, 2.75) is 69.1 Å². The second-order valence-corrected chi connectivity index (χ2v) is 10.5. The van der Waals surface area contributed by atoms with Crippen LogP contribution < -0.4 is 5.32 Å². The maximum atomic E-state index is 13.3. The van der Waals surface area contributed by atoms with Gasteiger partial charge >= 0.3 is 0 Å². The van der Waals surface area contributed by atoms with Gasteiger partial charge in [0.15, 0.2) is 0 Å². The van der Waals surface area contributed by atoms with E-state index < -0.39 is 0 Å². The van der Waals surface area contributed by atoms with Gasteiger partial charge in [0.1, 0.15) is 0 Å². The SMILES string of the molecule is CN(O)[C@H]1CCC2=CC3=CC[C@]4(C)C(C(=O)Nc5cccnc5)=CC[C@H]4[C@@]34CC[C@]2(C1)O4. The standard InChI is InChI=1S/C26H31N3O3/c1-24-10-9-18-14-17-5-6-20(29(2)31)15-25(17)11-12-26(18,32-25)22(24)8-7-21(24)23(30)28-19-4-3-13-27-16-19/h3-4,7,9,13-14,16,20,22,31H,5-6,8,10-12,15H2,1-2H3,(H,28,30)/t20-,22+,24+,25+,26+/m0/s1. The molecule has 3 heterocycles. The zero-order chi connectivity index (χ0) is 22.1. The second-order valence-electron chi connectivity index (χ2n) is 10.5. The van der Waals surface area contributed by atoms with Gasteiger partial charge in [0.05, 0.1) is 23.1 Å². The number of allylic oxidation sites excluding steroid dienone is 2. The zero-order valence-electron chi connectivity index (χ0n) is 18.8. The first-order chi connectivity index (χ1) is 15.4. The number of aromatic nitrogens is 1. The minimum atomic E-state index is -0.334. The molecule has 5 atom stereocenters. The summed E-state index contributed by atoms with van der Waals surface area (Å²) < 4.78 is 7.14. The van der Waals surface area contributed by atoms with Crippen LogP contribution in [0.4, 0.5) is 5.69 Å². The van der Waals surface area contributed by atoms with E-state index in [1.54, 1.807) is 19.4 Å². The molecule has 168 valence electrons. The quantitative estimate of drug-likeness (QED) is 0.691. The number of fused-ring (bicyclic) bond motifs is 1. The highest BCUT2D eigenvalue weighted by Crippen LogP contribution is 2.66. The van der Waals surface area contributed by atoms with Gasteiger partial charge in [-0.2, -0.15) is 5.06 Å². The van der Waals surface area contributed by atoms with Crippen molar-refractivity contribution in [2.75, 3.05) is 12.4 Å². The van der Waals surface area contributed by atoms with Crippen LogP contribution in [0.1, 0.15) is 51.9 Å². The zero-order valence-corrected chi connectivity index (χ0v) is 18.8. The van der Waals surface area contributed by atoms with Gasteiger partial charge in [-0.1, -0.05) is 25.2 Å². The van der Waals surface area contributed by atoms with E-state index in [2.05, 4.69) is 35.5 Å². The molecular formula is C26H31N3O3. The van der Waals surface area contributed by atoms with Gasteiger partial charge in [-0.05, 0) is 68.2 Å². The van der Waals surface area contributed by atoms with Crippen molar-refractivity contribution in [1.82, 2.24) is 10.0 Å². The first-order valence-electron chi connectivity index (χ1n) is 11.8. The summed E-state index contributed by atoms with van der Waals surface area (Å²) in [5.41, 5.74) is 3.45. The molecule has 0 unspecified atom stereocenters. The maximum absolute atomic E-state index is 13.3. The average Bonchev–Trinajstić information content (AvgIpc) is 3.29. The molecule has 1 saturated heterocycles. The fraction of sp³-hybridized carbons (Fsp3) is 0.538. The summed E-state index contributed by atoms with van der Waals surface area (Å²) >= 11 is 0. The summed E-state index contributed by atoms with van der Waals surface area (Å²) in [7, 11) is 1.75. The van der Waals surface area contributed by atoms with Gasteiger partial charge < -0.3 is 15.3 Å². The van der Waals surface area contributed by atoms with Crippen molar-refractivity contribution in [3.05, 3.63) is 59.5 Å². The number of hydrogen-bond donors (Lipinski definition) is 2. The highest BCUT2D eigenvalue weighted by atomic mass is 16.5. The molecule has 0 aromatic carbocycles. The molecule has 2 spiro atoms. The number of rotatable bonds is 3. The van der Waals surface area contributed by atoms with E-state index in [1.807, 2.05) is 12.1 Å². The molecule has 2 fully saturated rings. The number of carbonyl (C=O) groups is 1. The summed E-state index contributed by atoms with van der Waals surface area (Å²) in [5.74, 6) is 0.213. The van der Waals surface area contributed by atoms with Crippen LogP contribution in [0.25, 0.3) is 0 Å². The molecule has 1 aromatic heterocycles. The van der Waals surface area contributed by atoms with Crippen molar-refractivity contribution >= 4 is 11.6 Å². The Morgan fingerprint density at radius 1 is 1.34 bits per heavy atom. The van der Waals surface area contributed by atoms with Crippen molar-refractivity contribution in [3.8, 4) is 0 Å². The molecule has 6 heteroatoms. The molecule has 2 bridgehead atoms. The summed E-state index contributed by atoms with van der Waals surface area (Å²) in [6, 6.07) is 3.83. The smallest absolute Gasteiger partial charge is 0.251 e. The lowest BCUT2D eigenvalue weighted by Gasteiger charge is -2.54. The van der Waals surface area contributed by atoms with E-state index >= 15 is 0 Å². The highest BCUT2D eigenvalue weighted by Gasteiger charge is 2.65. The molecule has 2 N–H and O–H groups in total. The summed E-state index contributed by atoms with van der Waals surface area (Å²) in [5, 5.41) is 14.5. The van der Waals surface area contributed by atoms with Crippen molar-refractivity contribution in [3.63, 3.8) is 0 Å². The Hall–Kier alpha value is -2.28. The molecule has 3 aliphatic carbocycles. The van der Waals surface area contributed by atoms with Crippen LogP contribution in [0.5, 0.6) is 0 Å². The number of carbonyl (C=O) groups excluding carboxylic acids is 1. The van der Waals surface area contributed by atoms with Crippen LogP contribution in [0.15, 0.2) is 59.5 Å². The van der Waals surface area contributed by atoms with Crippen LogP contribution in [0.3, 0.4) is 0 Å². The largest absolute Gasteiger partial charge is 0.359 e. The Morgan fingerprint density at radius 2 is 2.22 bits per heavy atom. The summed E-state index contributed by atoms with van der Waals surface area (Å²) in [4.78, 5) is 17.4. The van der Waals surface area contributed by atoms with Crippen molar-refractivity contribution in [2.24, 2.45) is 11.3 Å². The van der Waals surface area contributed by atoms with Crippen LogP contribution >= 0.6 is 0 Å². The Balaban J connectivity index is 1.32. The highest BCUT2D eigenvalue weighted by molar-refractivity contribution is 6.05. The lowest BCUT2D eigenvalue weighted by atomic mass is 9.59. The lowest BCUT2D eigenvalue weighted by molar-refractivity contribution is -0.166. The molecule has 6 nitrogen and oxygen atoms in total. The Morgan fingerprint density at radius 3 is 3.00 bits per heavy atom. The number of hydrogen-bond acceptors (Lipinski definition) is 5. The first kappa shape index (κ1) is 20.3. The normalized spacial score (nSPS) is 39.4. The fourth-order valence-electron chi connectivity index (χ4n) is 7.27. The van der Waals surface area contributed by atoms with Gasteiger partial charge in [0.2, 0.25) is 0 Å². The first-order valence-corrected chi connectivity index (χ1v) is 11.8. The third kappa shape index (κ3) is 2.69. The number of anilines is 1. The van der Waals surface area contributed by atoms with Gasteiger partial charge in [0.25, 0.3) is 5.91 Å². The fourth-order valence-corrected chi connectivity index (χ4v) is 7.27. The number of hydroxylamine groups is 2. The van der Waals surface area contributed by atoms with E-state index in [-0.39, 0.29) is 34.5 Å². The van der Waals surface area contributed by atoms with Gasteiger partial charge in [-0.15, -0.1) is 0 Å². The lowest BCUT2D eigenvalue weighted by Crippen LogP contribution is -2.55. The summed E-state index contributed by atoms with van der Waals surface area (Å²) in [6.07, 6.45) is 16.7. The molecule has 1 aromatic rings. The van der Waals surface area contributed by atoms with E-state index in [1.165, 1.54) is 16.2 Å². The Bertz CT molecular complexity index is 1060. The van der Waals surface area contributed by atoms with E-state index in [9.17, 15) is 10.0 Å². The maximum Gasteiger partial charge on any atom is 0.251 e. The predicted octanol–water partition coefficient (Wildman–Crippen LogP) is 4.40. The van der Waals surface area contributed by atoms with Crippen molar-refractivity contribution in [1.29, 1.82) is 0 Å². The summed E-state index contributed by atoms with van der Waals surface area (Å²) in [6.45, 7) is 2.24. The Kier molecular flexibility index (Phi) is 4.36. The molecule has 5 aliphatic rings. The third-order valence-electron chi connectivity index (χ3n) is 8.94. The van der Waals surface area contributed by atoms with Crippen LogP contribution in [-0.4, -0.2) is 45.5 Å². The molecule has 0 radical (unpaired) electrons. The van der Waals surface area contributed by atoms with Crippen LogP contribution in [0.2, 0.25) is 0 Å². The van der Waals surface area contributed by atoms with E-state index in [0.29, 0.717) is 0 Å². The number of nitrogens with one attached hydrogen (secondary N) is 1. The van der Waals surface area contributed by atoms with Gasteiger partial charge in [-0.3, -0.25) is 9.78 Å². The number of pyridine rings is 1. The third-order valence-corrected chi connectivity index (χ3v) is 8.94. The van der Waals surface area contributed by atoms with Crippen LogP contribution in [0, 0.1) is 11.3 Å². The number of nitrogens with zero attached hydrogens (tertiary/aromatic N) is 2. The topological polar surface area (TPSA) is 74.7 Å². The minimum Gasteiger partial charge on any atom is -0.359 e. The van der Waals surface area contributed by atoms with E-state index in [0.717, 1.165) is 56.2 Å². The van der Waals surface area contributed by atoms with Crippen molar-refractivity contribution < 1.29 is 14.7 Å². The molecule has 1 amide bonds. The molecular weight excluding hydrogens is 402 g/mol. The number of ether oxygens (including phenoxy) is 1. The number of amides is 1. The van der Waals surface area contributed by atoms with E-state index in [4.69, 9.17) is 4.74 Å². The molecule has 2 aliphatic heterocycles. The monoisotopic (exact) mass is 433 g/mol. The molecule has 1 saturated carbocycles. The average molecular weight is 434 g/mol. The second kappa shape index (κ2) is 6.86. The molecule has 6 rings (SSSR count). The Labute approximate surface area is 189 Å². The van der Waals surface area contributed by atoms with Gasteiger partial charge in [0, 0.05) is 36.2 Å². The molecule has 32 heavy (non-hydrogen) atoms. The minimum absolute atomic E-state index is 0.0318. The van der Waals surface area contributed by atoms with Crippen LogP contribution in [-0.2, 0) is 9.53 Å².